The number of methoxy groups -OCH3 is 1. The highest BCUT2D eigenvalue weighted by molar-refractivity contribution is 6.34. The minimum Gasteiger partial charge on any atom is -0.497 e. The van der Waals surface area contributed by atoms with Crippen molar-refractivity contribution >= 4 is 29.5 Å². The van der Waals surface area contributed by atoms with E-state index >= 15 is 0 Å². The highest BCUT2D eigenvalue weighted by Gasteiger charge is 2.16. The number of hydrogen-bond donors (Lipinski definition) is 2. The maximum atomic E-state index is 12.5. The summed E-state index contributed by atoms with van der Waals surface area (Å²) in [6.45, 7) is 3.84. The van der Waals surface area contributed by atoms with Crippen LogP contribution >= 0.6 is 11.6 Å². The minimum absolute atomic E-state index is 0.0990. The Morgan fingerprint density at radius 1 is 1.15 bits per heavy atom. The number of benzene rings is 2. The zero-order chi connectivity index (χ0) is 18.9. The molecule has 0 aliphatic carbocycles. The van der Waals surface area contributed by atoms with Gasteiger partial charge < -0.3 is 15.4 Å². The van der Waals surface area contributed by atoms with Crippen molar-refractivity contribution < 1.29 is 14.3 Å². The molecule has 0 saturated carbocycles. The fourth-order valence-electron chi connectivity index (χ4n) is 2.12. The Hall–Kier alpha value is -3.05. The van der Waals surface area contributed by atoms with Crippen LogP contribution in [-0.2, 0) is 4.79 Å². The molecule has 0 bridgehead atoms. The quantitative estimate of drug-likeness (QED) is 0.579. The van der Waals surface area contributed by atoms with Crippen LogP contribution in [0.5, 0.6) is 5.75 Å². The van der Waals surface area contributed by atoms with Crippen molar-refractivity contribution in [3.8, 4) is 5.75 Å². The van der Waals surface area contributed by atoms with E-state index in [-0.39, 0.29) is 17.8 Å². The third kappa shape index (κ3) is 5.22. The Morgan fingerprint density at radius 2 is 1.85 bits per heavy atom. The van der Waals surface area contributed by atoms with E-state index in [0.29, 0.717) is 10.8 Å². The molecule has 0 radical (unpaired) electrons. The third-order valence-electron chi connectivity index (χ3n) is 3.45. The first kappa shape index (κ1) is 19.3. The lowest BCUT2D eigenvalue weighted by Crippen LogP contribution is -2.35. The van der Waals surface area contributed by atoms with Crippen LogP contribution in [0.4, 0.5) is 0 Å². The van der Waals surface area contributed by atoms with E-state index in [4.69, 9.17) is 16.3 Å². The molecule has 0 unspecified atom stereocenters. The van der Waals surface area contributed by atoms with E-state index in [1.54, 1.807) is 67.8 Å². The average Bonchev–Trinajstić information content (AvgIpc) is 2.66. The van der Waals surface area contributed by atoms with E-state index in [1.165, 1.54) is 0 Å². The van der Waals surface area contributed by atoms with Gasteiger partial charge in [-0.1, -0.05) is 41.9 Å². The molecule has 134 valence electrons. The molecule has 0 aromatic heterocycles. The van der Waals surface area contributed by atoms with Gasteiger partial charge in [-0.25, -0.2) is 0 Å². The van der Waals surface area contributed by atoms with Crippen LogP contribution in [-0.4, -0.2) is 25.5 Å². The summed E-state index contributed by atoms with van der Waals surface area (Å²) in [7, 11) is 1.57. The lowest BCUT2D eigenvalue weighted by molar-refractivity contribution is -0.117. The Labute approximate surface area is 157 Å². The second-order valence-electron chi connectivity index (χ2n) is 5.26. The van der Waals surface area contributed by atoms with Gasteiger partial charge in [-0.05, 0) is 35.9 Å². The Bertz CT molecular complexity index is 829. The van der Waals surface area contributed by atoms with Gasteiger partial charge in [-0.15, -0.1) is 6.58 Å². The second-order valence-corrected chi connectivity index (χ2v) is 5.67. The topological polar surface area (TPSA) is 67.4 Å². The van der Waals surface area contributed by atoms with Crippen LogP contribution in [0.2, 0.25) is 5.02 Å². The van der Waals surface area contributed by atoms with Crippen LogP contribution in [0.3, 0.4) is 0 Å². The van der Waals surface area contributed by atoms with Gasteiger partial charge in [-0.2, -0.15) is 0 Å². The molecule has 0 saturated heterocycles. The third-order valence-corrected chi connectivity index (χ3v) is 3.77. The smallest absolute Gasteiger partial charge is 0.268 e. The summed E-state index contributed by atoms with van der Waals surface area (Å²) in [5.74, 6) is -0.204. The largest absolute Gasteiger partial charge is 0.497 e. The van der Waals surface area contributed by atoms with Gasteiger partial charge in [0, 0.05) is 6.54 Å². The Morgan fingerprint density at radius 3 is 2.46 bits per heavy atom. The van der Waals surface area contributed by atoms with Crippen LogP contribution in [0, 0.1) is 0 Å². The number of ether oxygens (including phenoxy) is 1. The second kappa shape index (κ2) is 9.44. The van der Waals surface area contributed by atoms with E-state index < -0.39 is 11.8 Å². The zero-order valence-electron chi connectivity index (χ0n) is 14.3. The lowest BCUT2D eigenvalue weighted by atomic mass is 10.1. The van der Waals surface area contributed by atoms with Crippen LogP contribution in [0.15, 0.2) is 66.9 Å². The normalized spacial score (nSPS) is 10.8. The molecular weight excluding hydrogens is 352 g/mol. The maximum Gasteiger partial charge on any atom is 0.268 e. The summed E-state index contributed by atoms with van der Waals surface area (Å²) in [5, 5.41) is 5.57. The molecular formula is C20H19ClN2O3. The first-order chi connectivity index (χ1) is 12.5. The summed E-state index contributed by atoms with van der Waals surface area (Å²) in [5.41, 5.74) is 1.11. The van der Waals surface area contributed by atoms with Crippen molar-refractivity contribution in [2.75, 3.05) is 13.7 Å². The fraction of sp³-hybridized carbons (Fsp3) is 0.100. The predicted molar refractivity (Wildman–Crippen MR) is 103 cm³/mol. The molecule has 26 heavy (non-hydrogen) atoms. The number of carbonyl (C=O) groups is 2. The predicted octanol–water partition coefficient (Wildman–Crippen LogP) is 3.42. The van der Waals surface area contributed by atoms with Crippen LogP contribution in [0.25, 0.3) is 6.08 Å². The number of nitrogens with one attached hydrogen (secondary N) is 2. The molecule has 2 aromatic carbocycles. The van der Waals surface area contributed by atoms with Gasteiger partial charge >= 0.3 is 0 Å². The van der Waals surface area contributed by atoms with Gasteiger partial charge in [0.2, 0.25) is 0 Å². The monoisotopic (exact) mass is 370 g/mol. The average molecular weight is 371 g/mol. The van der Waals surface area contributed by atoms with E-state index in [2.05, 4.69) is 17.2 Å². The van der Waals surface area contributed by atoms with Gasteiger partial charge in [0.15, 0.2) is 0 Å². The van der Waals surface area contributed by atoms with Gasteiger partial charge in [0.25, 0.3) is 11.8 Å². The molecule has 0 aliphatic rings. The first-order valence-electron chi connectivity index (χ1n) is 7.86. The van der Waals surface area contributed by atoms with E-state index in [9.17, 15) is 9.59 Å². The maximum absolute atomic E-state index is 12.5. The SMILES string of the molecule is C=CCNC(=O)C(=Cc1ccc(OC)cc1)NC(=O)c1ccccc1Cl. The van der Waals surface area contributed by atoms with Crippen molar-refractivity contribution in [3.63, 3.8) is 0 Å². The number of rotatable bonds is 7. The summed E-state index contributed by atoms with van der Waals surface area (Å²) in [4.78, 5) is 24.9. The Balaban J connectivity index is 2.29. The number of halogens is 1. The van der Waals surface area contributed by atoms with Crippen molar-refractivity contribution in [2.45, 2.75) is 0 Å². The molecule has 0 spiro atoms. The summed E-state index contributed by atoms with van der Waals surface area (Å²) in [6, 6.07) is 13.7. The van der Waals surface area contributed by atoms with Crippen molar-refractivity contribution in [1.29, 1.82) is 0 Å². The molecule has 2 aromatic rings. The lowest BCUT2D eigenvalue weighted by Gasteiger charge is -2.11. The highest BCUT2D eigenvalue weighted by atomic mass is 35.5. The Kier molecular flexibility index (Phi) is 7.00. The molecule has 2 N–H and O–H groups in total. The molecule has 2 amide bonds. The summed E-state index contributed by atoms with van der Waals surface area (Å²) >= 11 is 6.05. The van der Waals surface area contributed by atoms with Crippen LogP contribution < -0.4 is 15.4 Å². The van der Waals surface area contributed by atoms with Crippen molar-refractivity contribution in [3.05, 3.63) is 83.0 Å². The van der Waals surface area contributed by atoms with Crippen molar-refractivity contribution in [2.24, 2.45) is 0 Å². The van der Waals surface area contributed by atoms with E-state index in [0.717, 1.165) is 5.56 Å². The molecule has 0 aliphatic heterocycles. The number of hydrogen-bond acceptors (Lipinski definition) is 3. The van der Waals surface area contributed by atoms with E-state index in [1.807, 2.05) is 0 Å². The standard InChI is InChI=1S/C20H19ClN2O3/c1-3-12-22-20(25)18(13-14-8-10-15(26-2)11-9-14)23-19(24)16-6-4-5-7-17(16)21/h3-11,13H,1,12H2,2H3,(H,22,25)(H,23,24). The van der Waals surface area contributed by atoms with Gasteiger partial charge in [0.05, 0.1) is 17.7 Å². The fourth-order valence-corrected chi connectivity index (χ4v) is 2.34. The van der Waals surface area contributed by atoms with Crippen LogP contribution in [0.1, 0.15) is 15.9 Å². The molecule has 0 fully saturated rings. The van der Waals surface area contributed by atoms with Gasteiger partial charge in [0.1, 0.15) is 11.4 Å². The van der Waals surface area contributed by atoms with Gasteiger partial charge in [-0.3, -0.25) is 9.59 Å². The number of carbonyl (C=O) groups excluding carboxylic acids is 2. The van der Waals surface area contributed by atoms with Crippen molar-refractivity contribution in [1.82, 2.24) is 10.6 Å². The molecule has 6 heteroatoms. The molecule has 0 atom stereocenters. The molecule has 2 rings (SSSR count). The first-order valence-corrected chi connectivity index (χ1v) is 8.23. The zero-order valence-corrected chi connectivity index (χ0v) is 15.0. The minimum atomic E-state index is -0.468. The number of amides is 2. The summed E-state index contributed by atoms with van der Waals surface area (Å²) in [6.07, 6.45) is 3.13. The molecule has 0 heterocycles. The summed E-state index contributed by atoms with van der Waals surface area (Å²) < 4.78 is 5.11. The molecule has 5 nitrogen and oxygen atoms in total. The highest BCUT2D eigenvalue weighted by Crippen LogP contribution is 2.16.